The van der Waals surface area contributed by atoms with Crippen LogP contribution < -0.4 is 10.1 Å². The first-order chi connectivity index (χ1) is 16.2. The fraction of sp³-hybridized carbons (Fsp3) is 0.259. The lowest BCUT2D eigenvalue weighted by atomic mass is 10.2. The van der Waals surface area contributed by atoms with Gasteiger partial charge in [0.25, 0.3) is 5.91 Å². The van der Waals surface area contributed by atoms with Crippen molar-refractivity contribution in [3.63, 3.8) is 0 Å². The van der Waals surface area contributed by atoms with Crippen molar-refractivity contribution in [1.29, 1.82) is 0 Å². The van der Waals surface area contributed by atoms with Gasteiger partial charge < -0.3 is 14.6 Å². The quantitative estimate of drug-likeness (QED) is 0.342. The van der Waals surface area contributed by atoms with Crippen molar-refractivity contribution in [1.82, 2.24) is 14.9 Å². The minimum absolute atomic E-state index is 0.0638. The summed E-state index contributed by atoms with van der Waals surface area (Å²) in [6, 6.07) is 22.2. The lowest BCUT2D eigenvalue weighted by molar-refractivity contribution is 0.0949. The molecule has 1 heterocycles. The maximum Gasteiger partial charge on any atom is 0.254 e. The fourth-order valence-corrected chi connectivity index (χ4v) is 3.83. The second-order valence-corrected chi connectivity index (χ2v) is 7.85. The molecular formula is C27H28FN3O2. The van der Waals surface area contributed by atoms with Gasteiger partial charge in [-0.2, -0.15) is 0 Å². The number of carbonyl (C=O) groups is 1. The molecule has 0 saturated carbocycles. The summed E-state index contributed by atoms with van der Waals surface area (Å²) >= 11 is 0. The molecule has 0 aliphatic rings. The van der Waals surface area contributed by atoms with E-state index in [-0.39, 0.29) is 5.56 Å². The average Bonchev–Trinajstić information content (AvgIpc) is 3.20. The van der Waals surface area contributed by atoms with E-state index in [2.05, 4.69) is 35.0 Å². The number of fused-ring (bicyclic) bond motifs is 1. The second kappa shape index (κ2) is 10.8. The molecule has 1 N–H and O–H groups in total. The number of nitrogens with one attached hydrogen (secondary N) is 1. The van der Waals surface area contributed by atoms with Gasteiger partial charge in [-0.1, -0.05) is 43.3 Å². The summed E-state index contributed by atoms with van der Waals surface area (Å²) in [5.41, 5.74) is 3.35. The van der Waals surface area contributed by atoms with E-state index in [1.807, 2.05) is 30.3 Å². The number of rotatable bonds is 10. The van der Waals surface area contributed by atoms with Crippen LogP contribution in [0.2, 0.25) is 0 Å². The largest absolute Gasteiger partial charge is 0.492 e. The lowest BCUT2D eigenvalue weighted by Gasteiger charge is -2.11. The smallest absolute Gasteiger partial charge is 0.254 e. The monoisotopic (exact) mass is 445 g/mol. The molecule has 0 aliphatic heterocycles. The Morgan fingerprint density at radius 1 is 1.03 bits per heavy atom. The molecule has 0 atom stereocenters. The Balaban J connectivity index is 1.36. The molecule has 1 amide bonds. The molecule has 1 aromatic heterocycles. The van der Waals surface area contributed by atoms with Crippen molar-refractivity contribution >= 4 is 16.9 Å². The zero-order valence-corrected chi connectivity index (χ0v) is 18.8. The van der Waals surface area contributed by atoms with Crippen LogP contribution in [0.25, 0.3) is 11.0 Å². The van der Waals surface area contributed by atoms with E-state index in [9.17, 15) is 9.18 Å². The standard InChI is InChI=1S/C27H28FN3O2/c1-2-20-13-15-21(16-14-20)33-19-18-31-25-11-6-5-10-24(25)30-26(31)12-7-17-29-27(32)22-8-3-4-9-23(22)28/h3-6,8-11,13-16H,2,7,12,17-19H2,1H3,(H,29,32). The van der Waals surface area contributed by atoms with Crippen LogP contribution >= 0.6 is 0 Å². The van der Waals surface area contributed by atoms with Crippen LogP contribution in [0.4, 0.5) is 4.39 Å². The predicted octanol–water partition coefficient (Wildman–Crippen LogP) is 5.18. The van der Waals surface area contributed by atoms with Crippen molar-refractivity contribution in [2.45, 2.75) is 32.7 Å². The lowest BCUT2D eigenvalue weighted by Crippen LogP contribution is -2.26. The van der Waals surface area contributed by atoms with E-state index in [1.54, 1.807) is 12.1 Å². The first-order valence-electron chi connectivity index (χ1n) is 11.3. The van der Waals surface area contributed by atoms with Crippen LogP contribution in [0.3, 0.4) is 0 Å². The van der Waals surface area contributed by atoms with Gasteiger partial charge in [-0.05, 0) is 54.8 Å². The number of hydrogen-bond donors (Lipinski definition) is 1. The van der Waals surface area contributed by atoms with Crippen LogP contribution in [0.1, 0.15) is 35.1 Å². The van der Waals surface area contributed by atoms with Crippen molar-refractivity contribution in [3.8, 4) is 5.75 Å². The summed E-state index contributed by atoms with van der Waals surface area (Å²) in [5.74, 6) is 0.889. The number of benzene rings is 3. The molecule has 0 unspecified atom stereocenters. The Bertz CT molecular complexity index is 1220. The summed E-state index contributed by atoms with van der Waals surface area (Å²) in [4.78, 5) is 17.0. The van der Waals surface area contributed by atoms with E-state index in [0.717, 1.165) is 29.0 Å². The molecule has 4 aromatic rings. The Hall–Kier alpha value is -3.67. The summed E-state index contributed by atoms with van der Waals surface area (Å²) in [7, 11) is 0. The van der Waals surface area contributed by atoms with Gasteiger partial charge >= 0.3 is 0 Å². The molecule has 0 aliphatic carbocycles. The van der Waals surface area contributed by atoms with Crippen LogP contribution in [0, 0.1) is 5.82 Å². The summed E-state index contributed by atoms with van der Waals surface area (Å²) < 4.78 is 21.9. The van der Waals surface area contributed by atoms with Crippen LogP contribution in [-0.4, -0.2) is 28.6 Å². The SMILES string of the molecule is CCc1ccc(OCCn2c(CCCNC(=O)c3ccccc3F)nc3ccccc32)cc1. The first-order valence-corrected chi connectivity index (χ1v) is 11.3. The Morgan fingerprint density at radius 3 is 2.58 bits per heavy atom. The number of aryl methyl sites for hydroxylation is 2. The highest BCUT2D eigenvalue weighted by atomic mass is 19.1. The van der Waals surface area contributed by atoms with E-state index >= 15 is 0 Å². The van der Waals surface area contributed by atoms with Crippen molar-refractivity contribution in [3.05, 3.63) is 95.6 Å². The molecule has 0 spiro atoms. The van der Waals surface area contributed by atoms with E-state index in [4.69, 9.17) is 9.72 Å². The van der Waals surface area contributed by atoms with E-state index in [0.29, 0.717) is 32.5 Å². The molecule has 0 fully saturated rings. The number of amides is 1. The van der Waals surface area contributed by atoms with Gasteiger partial charge in [0.2, 0.25) is 0 Å². The maximum atomic E-state index is 13.8. The normalized spacial score (nSPS) is 11.0. The number of carbonyl (C=O) groups excluding carboxylic acids is 1. The second-order valence-electron chi connectivity index (χ2n) is 7.85. The molecule has 0 radical (unpaired) electrons. The number of halogens is 1. The van der Waals surface area contributed by atoms with Gasteiger partial charge in [0, 0.05) is 13.0 Å². The van der Waals surface area contributed by atoms with E-state index in [1.165, 1.54) is 17.7 Å². The van der Waals surface area contributed by atoms with Gasteiger partial charge in [0.1, 0.15) is 24.0 Å². The molecule has 33 heavy (non-hydrogen) atoms. The van der Waals surface area contributed by atoms with Gasteiger partial charge in [0.05, 0.1) is 23.1 Å². The number of para-hydroxylation sites is 2. The number of hydrogen-bond acceptors (Lipinski definition) is 3. The highest BCUT2D eigenvalue weighted by Gasteiger charge is 2.12. The molecule has 170 valence electrons. The summed E-state index contributed by atoms with van der Waals surface area (Å²) in [5, 5.41) is 2.80. The highest BCUT2D eigenvalue weighted by molar-refractivity contribution is 5.94. The van der Waals surface area contributed by atoms with Gasteiger partial charge in [-0.3, -0.25) is 4.79 Å². The van der Waals surface area contributed by atoms with Crippen LogP contribution in [0.15, 0.2) is 72.8 Å². The Labute approximate surface area is 193 Å². The number of aromatic nitrogens is 2. The molecule has 3 aromatic carbocycles. The molecule has 0 bridgehead atoms. The maximum absolute atomic E-state index is 13.8. The van der Waals surface area contributed by atoms with Gasteiger partial charge in [-0.15, -0.1) is 0 Å². The number of ether oxygens (including phenoxy) is 1. The van der Waals surface area contributed by atoms with E-state index < -0.39 is 11.7 Å². The van der Waals surface area contributed by atoms with Crippen LogP contribution in [-0.2, 0) is 19.4 Å². The highest BCUT2D eigenvalue weighted by Crippen LogP contribution is 2.18. The predicted molar refractivity (Wildman–Crippen MR) is 128 cm³/mol. The Kier molecular flexibility index (Phi) is 7.35. The molecule has 4 rings (SSSR count). The Morgan fingerprint density at radius 2 is 1.79 bits per heavy atom. The molecular weight excluding hydrogens is 417 g/mol. The van der Waals surface area contributed by atoms with Crippen molar-refractivity contribution in [2.75, 3.05) is 13.2 Å². The third kappa shape index (κ3) is 5.58. The first kappa shape index (κ1) is 22.5. The number of imidazole rings is 1. The third-order valence-electron chi connectivity index (χ3n) is 5.63. The third-order valence-corrected chi connectivity index (χ3v) is 5.63. The van der Waals surface area contributed by atoms with Crippen molar-refractivity contribution < 1.29 is 13.9 Å². The molecule has 6 heteroatoms. The average molecular weight is 446 g/mol. The number of nitrogens with zero attached hydrogens (tertiary/aromatic N) is 2. The minimum Gasteiger partial charge on any atom is -0.492 e. The zero-order chi connectivity index (χ0) is 23.0. The zero-order valence-electron chi connectivity index (χ0n) is 18.8. The topological polar surface area (TPSA) is 56.1 Å². The van der Waals surface area contributed by atoms with Crippen molar-refractivity contribution in [2.24, 2.45) is 0 Å². The summed E-state index contributed by atoms with van der Waals surface area (Å²) in [6.07, 6.45) is 2.39. The van der Waals surface area contributed by atoms with Gasteiger partial charge in [-0.25, -0.2) is 9.37 Å². The fourth-order valence-electron chi connectivity index (χ4n) is 3.83. The molecule has 5 nitrogen and oxygen atoms in total. The van der Waals surface area contributed by atoms with Gasteiger partial charge in [0.15, 0.2) is 0 Å². The summed E-state index contributed by atoms with van der Waals surface area (Å²) in [6.45, 7) is 3.78. The minimum atomic E-state index is -0.513. The van der Waals surface area contributed by atoms with Crippen LogP contribution in [0.5, 0.6) is 5.75 Å². The molecule has 0 saturated heterocycles.